The molecule has 1 aromatic carbocycles. The molecule has 1 aromatic rings. The number of anilines is 1. The summed E-state index contributed by atoms with van der Waals surface area (Å²) < 4.78 is 0. The van der Waals surface area contributed by atoms with Gasteiger partial charge in [0.1, 0.15) is 0 Å². The Morgan fingerprint density at radius 3 is 2.41 bits per heavy atom. The molecule has 0 aliphatic carbocycles. The van der Waals surface area contributed by atoms with Gasteiger partial charge in [0, 0.05) is 18.8 Å². The van der Waals surface area contributed by atoms with Crippen molar-refractivity contribution in [1.29, 1.82) is 0 Å². The molecule has 5 nitrogen and oxygen atoms in total. The highest BCUT2D eigenvalue weighted by molar-refractivity contribution is 5.90. The zero-order valence-corrected chi connectivity index (χ0v) is 13.7. The van der Waals surface area contributed by atoms with Gasteiger partial charge in [0.05, 0.1) is 5.69 Å². The van der Waals surface area contributed by atoms with Crippen LogP contribution in [0.1, 0.15) is 45.1 Å². The van der Waals surface area contributed by atoms with Crippen molar-refractivity contribution in [2.24, 2.45) is 4.99 Å². The van der Waals surface area contributed by atoms with Crippen molar-refractivity contribution >= 4 is 23.5 Å². The standard InChI is InChI=1S/C17H25N3O2/c1-4-6-10-20(11-7-5-2)17(22)19-16-12-15(18-13-21)9-8-14(16)3/h8-9,12H,4-7,10-11H2,1-3H3,(H,19,22). The van der Waals surface area contributed by atoms with E-state index in [1.165, 1.54) is 6.08 Å². The normalized spacial score (nSPS) is 9.95. The van der Waals surface area contributed by atoms with Gasteiger partial charge in [-0.2, -0.15) is 4.99 Å². The third kappa shape index (κ3) is 5.70. The molecule has 0 fully saturated rings. The highest BCUT2D eigenvalue weighted by Gasteiger charge is 2.13. The van der Waals surface area contributed by atoms with Gasteiger partial charge in [0.2, 0.25) is 6.08 Å². The Hall–Kier alpha value is -2.13. The van der Waals surface area contributed by atoms with Crippen molar-refractivity contribution in [2.75, 3.05) is 18.4 Å². The first-order valence-corrected chi connectivity index (χ1v) is 7.86. The number of urea groups is 1. The van der Waals surface area contributed by atoms with Crippen LogP contribution in [0.25, 0.3) is 0 Å². The Morgan fingerprint density at radius 1 is 1.23 bits per heavy atom. The van der Waals surface area contributed by atoms with Crippen LogP contribution in [0, 0.1) is 6.92 Å². The van der Waals surface area contributed by atoms with E-state index in [0.717, 1.165) is 44.3 Å². The summed E-state index contributed by atoms with van der Waals surface area (Å²) in [4.78, 5) is 28.2. The number of isocyanates is 1. The zero-order chi connectivity index (χ0) is 16.4. The number of benzene rings is 1. The van der Waals surface area contributed by atoms with Gasteiger partial charge >= 0.3 is 6.03 Å². The second-order valence-electron chi connectivity index (χ2n) is 5.33. The summed E-state index contributed by atoms with van der Waals surface area (Å²) in [5.41, 5.74) is 2.10. The number of carbonyl (C=O) groups is 1. The highest BCUT2D eigenvalue weighted by Crippen LogP contribution is 2.22. The van der Waals surface area contributed by atoms with E-state index in [9.17, 15) is 9.59 Å². The first kappa shape index (κ1) is 17.9. The predicted molar refractivity (Wildman–Crippen MR) is 89.4 cm³/mol. The summed E-state index contributed by atoms with van der Waals surface area (Å²) in [5, 5.41) is 2.92. The van der Waals surface area contributed by atoms with Crippen LogP contribution in [0.5, 0.6) is 0 Å². The molecular formula is C17H25N3O2. The minimum atomic E-state index is -0.0998. The number of nitrogens with one attached hydrogen (secondary N) is 1. The fraction of sp³-hybridized carbons (Fsp3) is 0.529. The van der Waals surface area contributed by atoms with Crippen LogP contribution in [-0.2, 0) is 4.79 Å². The first-order chi connectivity index (χ1) is 10.6. The average molecular weight is 303 g/mol. The van der Waals surface area contributed by atoms with E-state index >= 15 is 0 Å². The van der Waals surface area contributed by atoms with Crippen LogP contribution in [0.4, 0.5) is 16.2 Å². The van der Waals surface area contributed by atoms with E-state index in [4.69, 9.17) is 0 Å². The summed E-state index contributed by atoms with van der Waals surface area (Å²) in [6, 6.07) is 5.14. The molecule has 120 valence electrons. The van der Waals surface area contributed by atoms with Crippen LogP contribution in [0.3, 0.4) is 0 Å². The maximum Gasteiger partial charge on any atom is 0.321 e. The summed E-state index contributed by atoms with van der Waals surface area (Å²) in [6.45, 7) is 7.65. The Balaban J connectivity index is 2.82. The van der Waals surface area contributed by atoms with Gasteiger partial charge in [-0.25, -0.2) is 9.59 Å². The molecule has 2 amide bonds. The number of unbranched alkanes of at least 4 members (excludes halogenated alkanes) is 2. The van der Waals surface area contributed by atoms with Crippen molar-refractivity contribution in [3.63, 3.8) is 0 Å². The minimum absolute atomic E-state index is 0.0998. The molecule has 0 radical (unpaired) electrons. The lowest BCUT2D eigenvalue weighted by atomic mass is 10.2. The number of carbonyl (C=O) groups excluding carboxylic acids is 2. The molecule has 0 heterocycles. The van der Waals surface area contributed by atoms with Crippen LogP contribution in [-0.4, -0.2) is 30.1 Å². The van der Waals surface area contributed by atoms with Crippen molar-refractivity contribution < 1.29 is 9.59 Å². The Labute approximate surface area is 132 Å². The van der Waals surface area contributed by atoms with Crippen LogP contribution in [0.15, 0.2) is 23.2 Å². The van der Waals surface area contributed by atoms with Crippen LogP contribution >= 0.6 is 0 Å². The Bertz CT molecular complexity index is 529. The van der Waals surface area contributed by atoms with Crippen molar-refractivity contribution in [2.45, 2.75) is 46.5 Å². The molecule has 5 heteroatoms. The Morgan fingerprint density at radius 2 is 1.86 bits per heavy atom. The molecule has 0 unspecified atom stereocenters. The third-order valence-corrected chi connectivity index (χ3v) is 3.49. The highest BCUT2D eigenvalue weighted by atomic mass is 16.2. The first-order valence-electron chi connectivity index (χ1n) is 7.86. The summed E-state index contributed by atoms with van der Waals surface area (Å²) in [6.07, 6.45) is 5.61. The SMILES string of the molecule is CCCCN(CCCC)C(=O)Nc1cc(N=C=O)ccc1C. The molecule has 22 heavy (non-hydrogen) atoms. The monoisotopic (exact) mass is 303 g/mol. The molecule has 0 saturated heterocycles. The maximum absolute atomic E-state index is 12.5. The number of aryl methyl sites for hydroxylation is 1. The molecule has 1 N–H and O–H groups in total. The van der Waals surface area contributed by atoms with Gasteiger partial charge in [-0.15, -0.1) is 0 Å². The largest absolute Gasteiger partial charge is 0.325 e. The second-order valence-corrected chi connectivity index (χ2v) is 5.33. The smallest absolute Gasteiger partial charge is 0.321 e. The topological polar surface area (TPSA) is 61.8 Å². The summed E-state index contributed by atoms with van der Waals surface area (Å²) in [7, 11) is 0. The van der Waals surface area contributed by atoms with E-state index in [0.29, 0.717) is 11.4 Å². The molecule has 1 rings (SSSR count). The number of aliphatic imine (C=N–C) groups is 1. The molecule has 0 bridgehead atoms. The lowest BCUT2D eigenvalue weighted by Crippen LogP contribution is -2.36. The average Bonchev–Trinajstić information content (AvgIpc) is 2.51. The third-order valence-electron chi connectivity index (χ3n) is 3.49. The van der Waals surface area contributed by atoms with Crippen LogP contribution in [0.2, 0.25) is 0 Å². The molecular weight excluding hydrogens is 278 g/mol. The van der Waals surface area contributed by atoms with E-state index < -0.39 is 0 Å². The lowest BCUT2D eigenvalue weighted by molar-refractivity contribution is 0.210. The number of hydrogen-bond donors (Lipinski definition) is 1. The van der Waals surface area contributed by atoms with Gasteiger partial charge in [0.15, 0.2) is 0 Å². The van der Waals surface area contributed by atoms with Gasteiger partial charge in [-0.3, -0.25) is 0 Å². The molecule has 0 aliphatic heterocycles. The van der Waals surface area contributed by atoms with E-state index in [2.05, 4.69) is 24.2 Å². The van der Waals surface area contributed by atoms with Crippen molar-refractivity contribution in [3.8, 4) is 0 Å². The quantitative estimate of drug-likeness (QED) is 0.571. The number of nitrogens with zero attached hydrogens (tertiary/aromatic N) is 2. The van der Waals surface area contributed by atoms with E-state index in [-0.39, 0.29) is 6.03 Å². The fourth-order valence-electron chi connectivity index (χ4n) is 2.07. The minimum Gasteiger partial charge on any atom is -0.325 e. The number of hydrogen-bond acceptors (Lipinski definition) is 3. The van der Waals surface area contributed by atoms with E-state index in [1.54, 1.807) is 12.1 Å². The lowest BCUT2D eigenvalue weighted by Gasteiger charge is -2.23. The molecule has 0 aliphatic rings. The predicted octanol–water partition coefficient (Wildman–Crippen LogP) is 4.40. The molecule has 0 saturated carbocycles. The van der Waals surface area contributed by atoms with Crippen molar-refractivity contribution in [3.05, 3.63) is 23.8 Å². The van der Waals surface area contributed by atoms with Gasteiger partial charge < -0.3 is 10.2 Å². The fourth-order valence-corrected chi connectivity index (χ4v) is 2.07. The van der Waals surface area contributed by atoms with Gasteiger partial charge in [-0.05, 0) is 37.5 Å². The molecule has 0 atom stereocenters. The summed E-state index contributed by atoms with van der Waals surface area (Å²) >= 11 is 0. The van der Waals surface area contributed by atoms with Crippen LogP contribution < -0.4 is 5.32 Å². The van der Waals surface area contributed by atoms with Gasteiger partial charge in [-0.1, -0.05) is 32.8 Å². The summed E-state index contributed by atoms with van der Waals surface area (Å²) in [5.74, 6) is 0. The van der Waals surface area contributed by atoms with Crippen molar-refractivity contribution in [1.82, 2.24) is 4.90 Å². The zero-order valence-electron chi connectivity index (χ0n) is 13.7. The second kappa shape index (κ2) is 9.74. The molecule has 0 aromatic heterocycles. The number of rotatable bonds is 8. The molecule has 0 spiro atoms. The van der Waals surface area contributed by atoms with Gasteiger partial charge in [0.25, 0.3) is 0 Å². The Kier molecular flexibility index (Phi) is 7.94. The maximum atomic E-state index is 12.5. The number of amides is 2. The van der Waals surface area contributed by atoms with E-state index in [1.807, 2.05) is 17.9 Å².